The summed E-state index contributed by atoms with van der Waals surface area (Å²) in [6, 6.07) is 15.8. The van der Waals surface area contributed by atoms with Gasteiger partial charge in [-0.3, -0.25) is 0 Å². The summed E-state index contributed by atoms with van der Waals surface area (Å²) < 4.78 is 13.4. The first-order valence-corrected chi connectivity index (χ1v) is 11.4. The van der Waals surface area contributed by atoms with E-state index in [1.54, 1.807) is 11.8 Å². The summed E-state index contributed by atoms with van der Waals surface area (Å²) >= 11 is 6.62. The van der Waals surface area contributed by atoms with Gasteiger partial charge in [-0.05, 0) is 49.6 Å². The number of hydrogen-bond acceptors (Lipinski definition) is 5. The number of para-hydroxylation sites is 1. The SMILES string of the molecule is COc1cc(CN[C@H]2CCCC[C@@H]2O)ccc1OCc1c(C)nn(-c2ccccc2)c1Cl. The Hall–Kier alpha value is -2.54. The number of benzene rings is 2. The lowest BCUT2D eigenvalue weighted by molar-refractivity contribution is 0.0902. The smallest absolute Gasteiger partial charge is 0.161 e. The average Bonchev–Trinajstić information content (AvgIpc) is 3.11. The van der Waals surface area contributed by atoms with Crippen LogP contribution in [-0.4, -0.2) is 34.1 Å². The molecule has 1 aliphatic rings. The number of aromatic nitrogens is 2. The fraction of sp³-hybridized carbons (Fsp3) is 0.400. The van der Waals surface area contributed by atoms with E-state index in [2.05, 4.69) is 10.4 Å². The van der Waals surface area contributed by atoms with Crippen molar-refractivity contribution in [3.05, 3.63) is 70.5 Å². The molecule has 1 fully saturated rings. The van der Waals surface area contributed by atoms with Crippen molar-refractivity contribution in [2.45, 2.75) is 57.9 Å². The van der Waals surface area contributed by atoms with Crippen LogP contribution in [0, 0.1) is 6.92 Å². The molecule has 2 atom stereocenters. The molecule has 0 aliphatic heterocycles. The lowest BCUT2D eigenvalue weighted by Crippen LogP contribution is -2.41. The zero-order chi connectivity index (χ0) is 22.5. The molecule has 1 saturated carbocycles. The summed E-state index contributed by atoms with van der Waals surface area (Å²) in [5, 5.41) is 18.7. The molecule has 0 bridgehead atoms. The van der Waals surface area contributed by atoms with Gasteiger partial charge in [0.1, 0.15) is 11.8 Å². The molecule has 4 rings (SSSR count). The van der Waals surface area contributed by atoms with Crippen molar-refractivity contribution in [1.29, 1.82) is 0 Å². The van der Waals surface area contributed by atoms with Crippen LogP contribution in [0.4, 0.5) is 0 Å². The van der Waals surface area contributed by atoms with Crippen LogP contribution >= 0.6 is 11.6 Å². The van der Waals surface area contributed by atoms with Gasteiger partial charge in [-0.2, -0.15) is 5.10 Å². The van der Waals surface area contributed by atoms with Crippen molar-refractivity contribution < 1.29 is 14.6 Å². The molecular formula is C25H30ClN3O3. The van der Waals surface area contributed by atoms with Crippen LogP contribution in [0.1, 0.15) is 42.5 Å². The minimum Gasteiger partial charge on any atom is -0.493 e. The summed E-state index contributed by atoms with van der Waals surface area (Å²) in [6.45, 7) is 2.89. The number of nitrogens with one attached hydrogen (secondary N) is 1. The van der Waals surface area contributed by atoms with Gasteiger partial charge >= 0.3 is 0 Å². The Kier molecular flexibility index (Phi) is 7.35. The second-order valence-electron chi connectivity index (χ2n) is 8.22. The third-order valence-corrected chi connectivity index (χ3v) is 6.41. The Bertz CT molecular complexity index is 1040. The van der Waals surface area contributed by atoms with Crippen molar-refractivity contribution in [2.75, 3.05) is 7.11 Å². The van der Waals surface area contributed by atoms with Crippen LogP contribution < -0.4 is 14.8 Å². The number of aliphatic hydroxyl groups is 1. The molecule has 2 N–H and O–H groups in total. The van der Waals surface area contributed by atoms with Crippen LogP contribution in [0.25, 0.3) is 5.69 Å². The van der Waals surface area contributed by atoms with E-state index in [0.717, 1.165) is 48.2 Å². The third kappa shape index (κ3) is 5.09. The zero-order valence-electron chi connectivity index (χ0n) is 18.6. The number of aliphatic hydroxyl groups excluding tert-OH is 1. The number of ether oxygens (including phenoxy) is 2. The van der Waals surface area contributed by atoms with Gasteiger partial charge in [0, 0.05) is 18.2 Å². The van der Waals surface area contributed by atoms with E-state index < -0.39 is 0 Å². The Labute approximate surface area is 194 Å². The Balaban J connectivity index is 1.43. The van der Waals surface area contributed by atoms with Gasteiger partial charge in [0.25, 0.3) is 0 Å². The molecule has 0 saturated heterocycles. The van der Waals surface area contributed by atoms with Crippen molar-refractivity contribution in [3.63, 3.8) is 0 Å². The molecule has 0 amide bonds. The van der Waals surface area contributed by atoms with Crippen molar-refractivity contribution in [1.82, 2.24) is 15.1 Å². The van der Waals surface area contributed by atoms with Crippen LogP contribution in [0.2, 0.25) is 5.15 Å². The van der Waals surface area contributed by atoms with Crippen molar-refractivity contribution in [3.8, 4) is 17.2 Å². The molecule has 3 aromatic rings. The highest BCUT2D eigenvalue weighted by atomic mass is 35.5. The molecule has 0 radical (unpaired) electrons. The first-order chi connectivity index (χ1) is 15.6. The number of nitrogens with zero attached hydrogens (tertiary/aromatic N) is 2. The van der Waals surface area contributed by atoms with E-state index in [4.69, 9.17) is 21.1 Å². The summed E-state index contributed by atoms with van der Waals surface area (Å²) in [5.41, 5.74) is 3.65. The van der Waals surface area contributed by atoms with Gasteiger partial charge in [-0.25, -0.2) is 4.68 Å². The first-order valence-electron chi connectivity index (χ1n) is 11.1. The monoisotopic (exact) mass is 455 g/mol. The fourth-order valence-corrected chi connectivity index (χ4v) is 4.45. The molecule has 6 nitrogen and oxygen atoms in total. The number of hydrogen-bond donors (Lipinski definition) is 2. The zero-order valence-corrected chi connectivity index (χ0v) is 19.3. The number of methoxy groups -OCH3 is 1. The van der Waals surface area contributed by atoms with Gasteiger partial charge in [0.05, 0.1) is 24.6 Å². The lowest BCUT2D eigenvalue weighted by Gasteiger charge is -2.28. The van der Waals surface area contributed by atoms with Crippen LogP contribution in [0.3, 0.4) is 0 Å². The topological polar surface area (TPSA) is 68.5 Å². The Morgan fingerprint density at radius 3 is 2.66 bits per heavy atom. The Morgan fingerprint density at radius 1 is 1.12 bits per heavy atom. The molecule has 2 aromatic carbocycles. The standard InChI is InChI=1S/C25H30ClN3O3/c1-17-20(25(26)29(28-17)19-8-4-3-5-9-19)16-32-23-13-12-18(14-24(23)31-2)15-27-21-10-6-7-11-22(21)30/h3-5,8-9,12-14,21-22,27,30H,6-7,10-11,15-16H2,1-2H3/t21-,22-/m0/s1. The molecule has 0 unspecified atom stereocenters. The maximum Gasteiger partial charge on any atom is 0.161 e. The Morgan fingerprint density at radius 2 is 1.91 bits per heavy atom. The number of rotatable bonds is 8. The van der Waals surface area contributed by atoms with E-state index in [1.807, 2.05) is 55.5 Å². The largest absolute Gasteiger partial charge is 0.493 e. The van der Waals surface area contributed by atoms with Crippen molar-refractivity contribution in [2.24, 2.45) is 0 Å². The van der Waals surface area contributed by atoms with Crippen molar-refractivity contribution >= 4 is 11.6 Å². The number of aryl methyl sites for hydroxylation is 1. The van der Waals surface area contributed by atoms with Crippen LogP contribution in [0.15, 0.2) is 48.5 Å². The highest BCUT2D eigenvalue weighted by Gasteiger charge is 2.22. The van der Waals surface area contributed by atoms with E-state index in [-0.39, 0.29) is 12.1 Å². The second-order valence-corrected chi connectivity index (χ2v) is 8.57. The number of halogens is 1. The highest BCUT2D eigenvalue weighted by Crippen LogP contribution is 2.31. The van der Waals surface area contributed by atoms with Gasteiger partial charge in [-0.1, -0.05) is 48.7 Å². The highest BCUT2D eigenvalue weighted by molar-refractivity contribution is 6.30. The predicted molar refractivity (Wildman–Crippen MR) is 126 cm³/mol. The van der Waals surface area contributed by atoms with E-state index >= 15 is 0 Å². The fourth-order valence-electron chi connectivity index (χ4n) is 4.13. The molecule has 7 heteroatoms. The summed E-state index contributed by atoms with van der Waals surface area (Å²) in [5.74, 6) is 1.31. The molecule has 1 heterocycles. The van der Waals surface area contributed by atoms with Crippen LogP contribution in [0.5, 0.6) is 11.5 Å². The van der Waals surface area contributed by atoms with Gasteiger partial charge in [0.15, 0.2) is 11.5 Å². The molecular weight excluding hydrogens is 426 g/mol. The molecule has 170 valence electrons. The second kappa shape index (κ2) is 10.4. The first kappa shape index (κ1) is 22.6. The van der Waals surface area contributed by atoms with E-state index in [9.17, 15) is 5.11 Å². The molecule has 32 heavy (non-hydrogen) atoms. The van der Waals surface area contributed by atoms with Crippen LogP contribution in [-0.2, 0) is 13.2 Å². The van der Waals surface area contributed by atoms with E-state index in [0.29, 0.717) is 29.8 Å². The quantitative estimate of drug-likeness (QED) is 0.510. The molecule has 1 aliphatic carbocycles. The normalized spacial score (nSPS) is 18.5. The molecule has 1 aromatic heterocycles. The summed E-state index contributed by atoms with van der Waals surface area (Å²) in [6.07, 6.45) is 3.88. The lowest BCUT2D eigenvalue weighted by atomic mass is 9.92. The van der Waals surface area contributed by atoms with Gasteiger partial charge in [0.2, 0.25) is 0 Å². The minimum absolute atomic E-state index is 0.150. The van der Waals surface area contributed by atoms with Gasteiger partial charge in [-0.15, -0.1) is 0 Å². The van der Waals surface area contributed by atoms with E-state index in [1.165, 1.54) is 0 Å². The van der Waals surface area contributed by atoms with Gasteiger partial charge < -0.3 is 19.9 Å². The average molecular weight is 456 g/mol. The minimum atomic E-state index is -0.266. The maximum atomic E-state index is 10.2. The predicted octanol–water partition coefficient (Wildman–Crippen LogP) is 4.81. The summed E-state index contributed by atoms with van der Waals surface area (Å²) in [4.78, 5) is 0. The molecule has 0 spiro atoms. The maximum absolute atomic E-state index is 10.2. The third-order valence-electron chi connectivity index (χ3n) is 6.02. The summed E-state index contributed by atoms with van der Waals surface area (Å²) in [7, 11) is 1.63.